The van der Waals surface area contributed by atoms with Gasteiger partial charge in [-0.3, -0.25) is 10.3 Å². The molecule has 6 nitrogen and oxygen atoms in total. The summed E-state index contributed by atoms with van der Waals surface area (Å²) in [6, 6.07) is 0. The molecule has 0 aromatic heterocycles. The molecular weight excluding hydrogens is 304 g/mol. The fraction of sp³-hybridized carbons (Fsp3) is 0.611. The molecule has 0 aromatic carbocycles. The van der Waals surface area contributed by atoms with Gasteiger partial charge in [0.1, 0.15) is 12.3 Å². The van der Waals surface area contributed by atoms with E-state index in [0.717, 1.165) is 24.4 Å². The molecule has 0 amide bonds. The van der Waals surface area contributed by atoms with Gasteiger partial charge in [0.15, 0.2) is 0 Å². The molecular formula is C18H30N4O2. The molecule has 0 spiro atoms. The number of hydrogen-bond acceptors (Lipinski definition) is 6. The zero-order valence-electron chi connectivity index (χ0n) is 15.2. The zero-order valence-corrected chi connectivity index (χ0v) is 15.2. The highest BCUT2D eigenvalue weighted by atomic mass is 16.5. The van der Waals surface area contributed by atoms with Gasteiger partial charge in [-0.05, 0) is 26.3 Å². The summed E-state index contributed by atoms with van der Waals surface area (Å²) in [6.07, 6.45) is 4.95. The van der Waals surface area contributed by atoms with Crippen molar-refractivity contribution in [2.24, 2.45) is 5.10 Å². The van der Waals surface area contributed by atoms with Crippen molar-refractivity contribution in [1.82, 2.24) is 15.6 Å². The Balaban J connectivity index is 2.16. The minimum atomic E-state index is -0.787. The molecule has 3 N–H and O–H groups in total. The van der Waals surface area contributed by atoms with Gasteiger partial charge in [-0.25, -0.2) is 0 Å². The van der Waals surface area contributed by atoms with E-state index in [1.54, 1.807) is 0 Å². The first-order valence-corrected chi connectivity index (χ1v) is 8.41. The summed E-state index contributed by atoms with van der Waals surface area (Å²) in [5.74, 6) is 0. The first-order valence-electron chi connectivity index (χ1n) is 8.41. The van der Waals surface area contributed by atoms with Crippen LogP contribution in [0.4, 0.5) is 0 Å². The van der Waals surface area contributed by atoms with Gasteiger partial charge in [-0.1, -0.05) is 30.4 Å². The molecule has 2 aliphatic rings. The standard InChI is InChI=1S/C18H30N4O2/c1-13-7-6-8-14(2)16(21-22(5)12-13)18(3,4)20-17(23)15-11-19-9-10-24-15/h6-8,15,17,19-20,23H,2,9-12H2,1,3-5H3/b8-6-,13-7-,21-16+/t15-,17?/m0/s1. The molecule has 0 aromatic rings. The number of likely N-dealkylation sites (N-methyl/N-ethyl adjacent to an activating group) is 1. The minimum absolute atomic E-state index is 0.277. The van der Waals surface area contributed by atoms with Crippen LogP contribution in [0, 0.1) is 0 Å². The SMILES string of the molecule is C=C1/C=C\C=C(\C)CN(C)/N=C\1C(C)(C)NC(O)[C@@H]1CNCCO1. The number of hydrazone groups is 1. The third-order valence-electron chi connectivity index (χ3n) is 4.14. The molecule has 2 heterocycles. The molecule has 1 saturated heterocycles. The highest BCUT2D eigenvalue weighted by Crippen LogP contribution is 2.18. The van der Waals surface area contributed by atoms with Gasteiger partial charge in [-0.2, -0.15) is 5.10 Å². The topological polar surface area (TPSA) is 69.1 Å². The molecule has 0 saturated carbocycles. The van der Waals surface area contributed by atoms with Gasteiger partial charge in [0.05, 0.1) is 24.4 Å². The van der Waals surface area contributed by atoms with Crippen molar-refractivity contribution in [2.75, 3.05) is 33.3 Å². The number of nitrogens with one attached hydrogen (secondary N) is 2. The summed E-state index contributed by atoms with van der Waals surface area (Å²) < 4.78 is 5.63. The maximum atomic E-state index is 10.5. The number of ether oxygens (including phenoxy) is 1. The van der Waals surface area contributed by atoms with Crippen LogP contribution in [0.5, 0.6) is 0 Å². The summed E-state index contributed by atoms with van der Waals surface area (Å²) in [5.41, 5.74) is 2.28. The Bertz CT molecular complexity index is 545. The van der Waals surface area contributed by atoms with E-state index in [-0.39, 0.29) is 6.10 Å². The van der Waals surface area contributed by atoms with E-state index >= 15 is 0 Å². The average Bonchev–Trinajstić information content (AvgIpc) is 2.58. The van der Waals surface area contributed by atoms with Crippen LogP contribution in [0.1, 0.15) is 20.8 Å². The number of aliphatic hydroxyl groups is 1. The minimum Gasteiger partial charge on any atom is -0.376 e. The fourth-order valence-electron chi connectivity index (χ4n) is 2.94. The van der Waals surface area contributed by atoms with Crippen molar-refractivity contribution in [3.05, 3.63) is 36.0 Å². The Morgan fingerprint density at radius 3 is 2.96 bits per heavy atom. The molecule has 2 atom stereocenters. The maximum Gasteiger partial charge on any atom is 0.133 e. The van der Waals surface area contributed by atoms with Crippen LogP contribution in [-0.2, 0) is 4.74 Å². The normalized spacial score (nSPS) is 30.3. The molecule has 0 aliphatic carbocycles. The Labute approximate surface area is 144 Å². The summed E-state index contributed by atoms with van der Waals surface area (Å²) in [5, 5.41) is 23.6. The molecule has 2 aliphatic heterocycles. The molecule has 1 unspecified atom stereocenters. The predicted octanol–water partition coefficient (Wildman–Crippen LogP) is 1.02. The van der Waals surface area contributed by atoms with E-state index in [4.69, 9.17) is 9.84 Å². The van der Waals surface area contributed by atoms with Gasteiger partial charge < -0.3 is 15.2 Å². The number of morpholine rings is 1. The first kappa shape index (κ1) is 18.9. The third kappa shape index (κ3) is 5.01. The summed E-state index contributed by atoms with van der Waals surface area (Å²) in [6.45, 7) is 13.0. The van der Waals surface area contributed by atoms with E-state index in [0.29, 0.717) is 13.2 Å². The van der Waals surface area contributed by atoms with E-state index in [1.165, 1.54) is 5.57 Å². The van der Waals surface area contributed by atoms with Gasteiger partial charge in [-0.15, -0.1) is 0 Å². The Kier molecular flexibility index (Phi) is 6.34. The highest BCUT2D eigenvalue weighted by Gasteiger charge is 2.33. The average molecular weight is 334 g/mol. The Morgan fingerprint density at radius 1 is 1.54 bits per heavy atom. The Hall–Kier alpha value is -1.47. The lowest BCUT2D eigenvalue weighted by atomic mass is 9.91. The Morgan fingerprint density at radius 2 is 2.29 bits per heavy atom. The lowest BCUT2D eigenvalue weighted by Crippen LogP contribution is -2.59. The monoisotopic (exact) mass is 334 g/mol. The van der Waals surface area contributed by atoms with Gasteiger partial charge >= 0.3 is 0 Å². The van der Waals surface area contributed by atoms with E-state index < -0.39 is 11.8 Å². The molecule has 134 valence electrons. The highest BCUT2D eigenvalue weighted by molar-refractivity contribution is 6.08. The molecule has 0 bridgehead atoms. The second-order valence-corrected chi connectivity index (χ2v) is 6.99. The van der Waals surface area contributed by atoms with Crippen LogP contribution >= 0.6 is 0 Å². The maximum absolute atomic E-state index is 10.5. The van der Waals surface area contributed by atoms with Crippen molar-refractivity contribution < 1.29 is 9.84 Å². The fourth-order valence-corrected chi connectivity index (χ4v) is 2.94. The van der Waals surface area contributed by atoms with E-state index in [2.05, 4.69) is 30.2 Å². The van der Waals surface area contributed by atoms with Crippen molar-refractivity contribution in [3.63, 3.8) is 0 Å². The van der Waals surface area contributed by atoms with Crippen LogP contribution in [-0.4, -0.2) is 67.0 Å². The summed E-state index contributed by atoms with van der Waals surface area (Å²) in [4.78, 5) is 0. The molecule has 24 heavy (non-hydrogen) atoms. The van der Waals surface area contributed by atoms with Crippen LogP contribution in [0.3, 0.4) is 0 Å². The number of rotatable bonds is 4. The van der Waals surface area contributed by atoms with E-state index in [9.17, 15) is 5.11 Å². The second-order valence-electron chi connectivity index (χ2n) is 6.99. The van der Waals surface area contributed by atoms with Crippen molar-refractivity contribution >= 4 is 5.71 Å². The summed E-state index contributed by atoms with van der Waals surface area (Å²) >= 11 is 0. The first-order chi connectivity index (χ1) is 11.3. The van der Waals surface area contributed by atoms with Crippen molar-refractivity contribution in [1.29, 1.82) is 0 Å². The number of aliphatic hydroxyl groups excluding tert-OH is 1. The number of nitrogens with zero attached hydrogens (tertiary/aromatic N) is 2. The molecule has 1 fully saturated rings. The number of hydrogen-bond donors (Lipinski definition) is 3. The second kappa shape index (κ2) is 8.07. The van der Waals surface area contributed by atoms with Crippen LogP contribution in [0.15, 0.2) is 41.1 Å². The third-order valence-corrected chi connectivity index (χ3v) is 4.14. The molecule has 6 heteroatoms. The lowest BCUT2D eigenvalue weighted by Gasteiger charge is -2.36. The molecule has 2 rings (SSSR count). The van der Waals surface area contributed by atoms with Gasteiger partial charge in [0.25, 0.3) is 0 Å². The van der Waals surface area contributed by atoms with E-state index in [1.807, 2.05) is 38.1 Å². The quantitative estimate of drug-likeness (QED) is 0.670. The van der Waals surface area contributed by atoms with Crippen LogP contribution in [0.25, 0.3) is 0 Å². The lowest BCUT2D eigenvalue weighted by molar-refractivity contribution is -0.0705. The van der Waals surface area contributed by atoms with Crippen molar-refractivity contribution in [3.8, 4) is 0 Å². The number of allylic oxidation sites excluding steroid dienone is 3. The smallest absolute Gasteiger partial charge is 0.133 e. The van der Waals surface area contributed by atoms with Crippen LogP contribution in [0.2, 0.25) is 0 Å². The zero-order chi connectivity index (χ0) is 17.7. The van der Waals surface area contributed by atoms with Gasteiger partial charge in [0, 0.05) is 20.1 Å². The summed E-state index contributed by atoms with van der Waals surface area (Å²) in [7, 11) is 1.94. The largest absolute Gasteiger partial charge is 0.376 e. The predicted molar refractivity (Wildman–Crippen MR) is 97.9 cm³/mol. The van der Waals surface area contributed by atoms with Crippen LogP contribution < -0.4 is 10.6 Å². The molecule has 0 radical (unpaired) electrons. The van der Waals surface area contributed by atoms with Crippen molar-refractivity contribution in [2.45, 2.75) is 38.6 Å². The van der Waals surface area contributed by atoms with Gasteiger partial charge in [0.2, 0.25) is 0 Å².